The maximum atomic E-state index is 6.03. The Kier molecular flexibility index (Phi) is 1.58. The van der Waals surface area contributed by atoms with Crippen molar-refractivity contribution in [2.75, 3.05) is 0 Å². The number of nitrogens with two attached hydrogens (primary N) is 1. The molecule has 1 saturated carbocycles. The molecule has 14 heavy (non-hydrogen) atoms. The molecule has 0 bridgehead atoms. The Labute approximate surface area is 85.3 Å². The summed E-state index contributed by atoms with van der Waals surface area (Å²) >= 11 is 0. The molecule has 3 rings (SSSR count). The molecule has 1 aromatic rings. The third-order valence-corrected chi connectivity index (χ3v) is 4.05. The largest absolute Gasteiger partial charge is 0.327 e. The highest BCUT2D eigenvalue weighted by Crippen LogP contribution is 2.53. The first-order chi connectivity index (χ1) is 6.70. The molecule has 1 nitrogen and oxygen atoms in total. The Morgan fingerprint density at radius 1 is 1.36 bits per heavy atom. The van der Waals surface area contributed by atoms with Crippen LogP contribution < -0.4 is 5.73 Å². The lowest BCUT2D eigenvalue weighted by Gasteiger charge is -2.25. The predicted octanol–water partition coefficient (Wildman–Crippen LogP) is 2.20. The van der Waals surface area contributed by atoms with Crippen molar-refractivity contribution in [3.8, 4) is 0 Å². The van der Waals surface area contributed by atoms with Crippen LogP contribution in [0.15, 0.2) is 18.2 Å². The third-order valence-electron chi connectivity index (χ3n) is 4.05. The van der Waals surface area contributed by atoms with E-state index in [0.29, 0.717) is 11.5 Å². The zero-order chi connectivity index (χ0) is 9.76. The topological polar surface area (TPSA) is 26.0 Å². The molecule has 1 aromatic carbocycles. The number of hydrogen-bond donors (Lipinski definition) is 1. The van der Waals surface area contributed by atoms with Crippen LogP contribution in [-0.4, -0.2) is 6.04 Å². The molecule has 2 aliphatic carbocycles. The minimum atomic E-state index is 0.483. The van der Waals surface area contributed by atoms with Gasteiger partial charge < -0.3 is 5.73 Å². The second kappa shape index (κ2) is 2.60. The van der Waals surface area contributed by atoms with Gasteiger partial charge in [0.15, 0.2) is 0 Å². The first kappa shape index (κ1) is 8.49. The maximum absolute atomic E-state index is 6.03. The summed E-state index contributed by atoms with van der Waals surface area (Å²) in [5, 5.41) is 0. The highest BCUT2D eigenvalue weighted by atomic mass is 14.8. The Morgan fingerprint density at radius 3 is 2.86 bits per heavy atom. The van der Waals surface area contributed by atoms with Crippen LogP contribution in [0.2, 0.25) is 0 Å². The van der Waals surface area contributed by atoms with Gasteiger partial charge in [-0.3, -0.25) is 0 Å². The first-order valence-corrected chi connectivity index (χ1v) is 5.54. The van der Waals surface area contributed by atoms with E-state index in [4.69, 9.17) is 5.73 Å². The van der Waals surface area contributed by atoms with Crippen molar-refractivity contribution in [3.63, 3.8) is 0 Å². The monoisotopic (exact) mass is 187 g/mol. The van der Waals surface area contributed by atoms with E-state index in [1.165, 1.54) is 31.2 Å². The summed E-state index contributed by atoms with van der Waals surface area (Å²) in [4.78, 5) is 0. The van der Waals surface area contributed by atoms with Crippen LogP contribution in [-0.2, 0) is 12.8 Å². The summed E-state index contributed by atoms with van der Waals surface area (Å²) in [6.45, 7) is 2.17. The zero-order valence-electron chi connectivity index (χ0n) is 8.72. The van der Waals surface area contributed by atoms with E-state index in [2.05, 4.69) is 25.1 Å². The molecule has 2 unspecified atom stereocenters. The molecule has 1 fully saturated rings. The fraction of sp³-hybridized carbons (Fsp3) is 0.538. The average Bonchev–Trinajstić information content (AvgIpc) is 2.75. The molecular weight excluding hydrogens is 170 g/mol. The quantitative estimate of drug-likeness (QED) is 0.662. The molecule has 0 aliphatic heterocycles. The zero-order valence-corrected chi connectivity index (χ0v) is 8.72. The fourth-order valence-electron chi connectivity index (χ4n) is 2.88. The number of rotatable bonds is 0. The Hall–Kier alpha value is -0.820. The van der Waals surface area contributed by atoms with E-state index in [9.17, 15) is 0 Å². The minimum absolute atomic E-state index is 0.483. The van der Waals surface area contributed by atoms with Crippen molar-refractivity contribution < 1.29 is 0 Å². The van der Waals surface area contributed by atoms with Crippen LogP contribution in [0, 0.1) is 12.3 Å². The molecular formula is C13H17N. The molecule has 2 aliphatic rings. The van der Waals surface area contributed by atoms with Gasteiger partial charge >= 0.3 is 0 Å². The standard InChI is InChI=1S/C13H17N/c1-9-2-3-10-4-5-13(8-12(13)14)7-11(10)6-9/h2-3,6,12H,4-5,7-8,14H2,1H3. The molecule has 1 spiro atoms. The summed E-state index contributed by atoms with van der Waals surface area (Å²) in [6.07, 6.45) is 5.03. The molecule has 2 atom stereocenters. The van der Waals surface area contributed by atoms with Gasteiger partial charge in [-0.25, -0.2) is 0 Å². The molecule has 1 heteroatoms. The highest BCUT2D eigenvalue weighted by Gasteiger charge is 2.52. The van der Waals surface area contributed by atoms with E-state index >= 15 is 0 Å². The summed E-state index contributed by atoms with van der Waals surface area (Å²) in [5.74, 6) is 0. The minimum Gasteiger partial charge on any atom is -0.327 e. The molecule has 0 saturated heterocycles. The van der Waals surface area contributed by atoms with Crippen molar-refractivity contribution in [2.24, 2.45) is 11.1 Å². The van der Waals surface area contributed by atoms with Crippen LogP contribution in [0.5, 0.6) is 0 Å². The second-order valence-electron chi connectivity index (χ2n) is 5.12. The Balaban J connectivity index is 1.97. The van der Waals surface area contributed by atoms with Crippen LogP contribution in [0.3, 0.4) is 0 Å². The smallest absolute Gasteiger partial charge is 0.0105 e. The van der Waals surface area contributed by atoms with Gasteiger partial charge in [-0.1, -0.05) is 23.8 Å². The van der Waals surface area contributed by atoms with Crippen LogP contribution in [0.4, 0.5) is 0 Å². The molecule has 74 valence electrons. The summed E-state index contributed by atoms with van der Waals surface area (Å²) in [7, 11) is 0. The van der Waals surface area contributed by atoms with Crippen LogP contribution in [0.25, 0.3) is 0 Å². The van der Waals surface area contributed by atoms with Gasteiger partial charge in [-0.05, 0) is 49.1 Å². The van der Waals surface area contributed by atoms with Gasteiger partial charge in [0.25, 0.3) is 0 Å². The third kappa shape index (κ3) is 1.12. The van der Waals surface area contributed by atoms with E-state index in [1.54, 1.807) is 11.1 Å². The SMILES string of the molecule is Cc1ccc2c(c1)CC1(CC2)CC1N. The predicted molar refractivity (Wildman–Crippen MR) is 58.2 cm³/mol. The van der Waals surface area contributed by atoms with Crippen molar-refractivity contribution >= 4 is 0 Å². The average molecular weight is 187 g/mol. The van der Waals surface area contributed by atoms with Crippen molar-refractivity contribution in [1.29, 1.82) is 0 Å². The summed E-state index contributed by atoms with van der Waals surface area (Å²) < 4.78 is 0. The van der Waals surface area contributed by atoms with Crippen molar-refractivity contribution in [2.45, 2.75) is 38.6 Å². The molecule has 2 N–H and O–H groups in total. The first-order valence-electron chi connectivity index (χ1n) is 5.54. The van der Waals surface area contributed by atoms with Gasteiger partial charge in [-0.15, -0.1) is 0 Å². The second-order valence-corrected chi connectivity index (χ2v) is 5.12. The lowest BCUT2D eigenvalue weighted by Crippen LogP contribution is -2.22. The summed E-state index contributed by atoms with van der Waals surface area (Å²) in [6, 6.07) is 7.35. The Bertz CT molecular complexity index is 383. The maximum Gasteiger partial charge on any atom is 0.0105 e. The van der Waals surface area contributed by atoms with Crippen LogP contribution in [0.1, 0.15) is 29.5 Å². The number of hydrogen-bond acceptors (Lipinski definition) is 1. The van der Waals surface area contributed by atoms with E-state index in [0.717, 1.165) is 0 Å². The number of benzene rings is 1. The normalized spacial score (nSPS) is 34.3. The van der Waals surface area contributed by atoms with Gasteiger partial charge in [0, 0.05) is 6.04 Å². The molecule has 0 amide bonds. The number of aryl methyl sites for hydroxylation is 2. The van der Waals surface area contributed by atoms with E-state index in [-0.39, 0.29) is 0 Å². The number of fused-ring (bicyclic) bond motifs is 1. The van der Waals surface area contributed by atoms with Crippen molar-refractivity contribution in [3.05, 3.63) is 34.9 Å². The Morgan fingerprint density at radius 2 is 2.14 bits per heavy atom. The molecule has 0 radical (unpaired) electrons. The van der Waals surface area contributed by atoms with Gasteiger partial charge in [-0.2, -0.15) is 0 Å². The molecule has 0 heterocycles. The lowest BCUT2D eigenvalue weighted by molar-refractivity contribution is 0.421. The van der Waals surface area contributed by atoms with Crippen molar-refractivity contribution in [1.82, 2.24) is 0 Å². The van der Waals surface area contributed by atoms with E-state index < -0.39 is 0 Å². The van der Waals surface area contributed by atoms with E-state index in [1.807, 2.05) is 0 Å². The van der Waals surface area contributed by atoms with Gasteiger partial charge in [0.2, 0.25) is 0 Å². The fourth-order valence-corrected chi connectivity index (χ4v) is 2.88. The van der Waals surface area contributed by atoms with Crippen LogP contribution >= 0.6 is 0 Å². The lowest BCUT2D eigenvalue weighted by atomic mass is 9.80. The van der Waals surface area contributed by atoms with Gasteiger partial charge in [0.1, 0.15) is 0 Å². The highest BCUT2D eigenvalue weighted by molar-refractivity contribution is 5.36. The summed E-state index contributed by atoms with van der Waals surface area (Å²) in [5.41, 5.74) is 11.0. The van der Waals surface area contributed by atoms with Gasteiger partial charge in [0.05, 0.1) is 0 Å². The molecule has 0 aromatic heterocycles.